The standard InChI is InChI=1S/C21H22N2O3/c24-21(9-7-17-4-2-1-3-5-17)23-12-10-22(11-13-23)15-18-6-8-19-20(14-18)26-16-25-19/h1-9,14H,10-13,15-16H2. The molecule has 2 aliphatic heterocycles. The number of carbonyl (C=O) groups excluding carboxylic acids is 1. The molecular formula is C21H22N2O3. The Kier molecular flexibility index (Phi) is 4.88. The van der Waals surface area contributed by atoms with E-state index >= 15 is 0 Å². The average Bonchev–Trinajstić information content (AvgIpc) is 3.15. The van der Waals surface area contributed by atoms with Crippen LogP contribution in [0.15, 0.2) is 54.6 Å². The second-order valence-corrected chi connectivity index (χ2v) is 6.53. The van der Waals surface area contributed by atoms with Gasteiger partial charge in [-0.05, 0) is 29.3 Å². The molecule has 1 fully saturated rings. The van der Waals surface area contributed by atoms with Crippen LogP contribution in [-0.2, 0) is 11.3 Å². The number of carbonyl (C=O) groups is 1. The lowest BCUT2D eigenvalue weighted by molar-refractivity contribution is -0.127. The van der Waals surface area contributed by atoms with Crippen LogP contribution in [0.3, 0.4) is 0 Å². The number of rotatable bonds is 4. The quantitative estimate of drug-likeness (QED) is 0.795. The van der Waals surface area contributed by atoms with Gasteiger partial charge >= 0.3 is 0 Å². The van der Waals surface area contributed by atoms with Crippen molar-refractivity contribution in [2.24, 2.45) is 0 Å². The summed E-state index contributed by atoms with van der Waals surface area (Å²) in [6.07, 6.45) is 3.55. The van der Waals surface area contributed by atoms with Crippen molar-refractivity contribution in [3.63, 3.8) is 0 Å². The number of fused-ring (bicyclic) bond motifs is 1. The van der Waals surface area contributed by atoms with Gasteiger partial charge in [-0.1, -0.05) is 36.4 Å². The summed E-state index contributed by atoms with van der Waals surface area (Å²) in [6, 6.07) is 16.0. The molecule has 0 saturated carbocycles. The average molecular weight is 350 g/mol. The molecule has 0 atom stereocenters. The first kappa shape index (κ1) is 16.7. The Hall–Kier alpha value is -2.79. The van der Waals surface area contributed by atoms with Crippen molar-refractivity contribution in [2.75, 3.05) is 33.0 Å². The highest BCUT2D eigenvalue weighted by atomic mass is 16.7. The van der Waals surface area contributed by atoms with Gasteiger partial charge in [0.25, 0.3) is 0 Å². The van der Waals surface area contributed by atoms with Gasteiger partial charge in [0.1, 0.15) is 0 Å². The number of piperazine rings is 1. The van der Waals surface area contributed by atoms with Crippen LogP contribution in [-0.4, -0.2) is 48.7 Å². The Balaban J connectivity index is 1.28. The number of nitrogens with zero attached hydrogens (tertiary/aromatic N) is 2. The molecule has 5 nitrogen and oxygen atoms in total. The van der Waals surface area contributed by atoms with Crippen LogP contribution in [0.4, 0.5) is 0 Å². The highest BCUT2D eigenvalue weighted by Gasteiger charge is 2.20. The monoisotopic (exact) mass is 350 g/mol. The minimum atomic E-state index is 0.0802. The lowest BCUT2D eigenvalue weighted by Crippen LogP contribution is -2.47. The fourth-order valence-corrected chi connectivity index (χ4v) is 3.26. The molecule has 0 aliphatic carbocycles. The number of hydrogen-bond acceptors (Lipinski definition) is 4. The van der Waals surface area contributed by atoms with Gasteiger partial charge in [0.15, 0.2) is 11.5 Å². The van der Waals surface area contributed by atoms with Crippen LogP contribution in [0.5, 0.6) is 11.5 Å². The van der Waals surface area contributed by atoms with Gasteiger partial charge < -0.3 is 14.4 Å². The van der Waals surface area contributed by atoms with E-state index in [0.717, 1.165) is 49.8 Å². The molecule has 2 aromatic rings. The molecule has 0 N–H and O–H groups in total. The minimum Gasteiger partial charge on any atom is -0.454 e. The summed E-state index contributed by atoms with van der Waals surface area (Å²) in [4.78, 5) is 16.6. The second kappa shape index (κ2) is 7.62. The molecule has 2 heterocycles. The van der Waals surface area contributed by atoms with Gasteiger partial charge in [0.05, 0.1) is 0 Å². The van der Waals surface area contributed by atoms with Gasteiger partial charge in [-0.15, -0.1) is 0 Å². The predicted octanol–water partition coefficient (Wildman–Crippen LogP) is 2.77. The fraction of sp³-hybridized carbons (Fsp3) is 0.286. The first-order chi connectivity index (χ1) is 12.8. The Bertz CT molecular complexity index is 796. The third-order valence-corrected chi connectivity index (χ3v) is 4.75. The molecule has 4 rings (SSSR count). The van der Waals surface area contributed by atoms with Gasteiger partial charge in [-0.2, -0.15) is 0 Å². The zero-order chi connectivity index (χ0) is 17.8. The van der Waals surface area contributed by atoms with Crippen LogP contribution in [0.25, 0.3) is 6.08 Å². The Morgan fingerprint density at radius 2 is 1.73 bits per heavy atom. The molecule has 1 amide bonds. The maximum atomic E-state index is 12.4. The highest BCUT2D eigenvalue weighted by Crippen LogP contribution is 2.32. The van der Waals surface area contributed by atoms with E-state index in [1.165, 1.54) is 5.56 Å². The number of benzene rings is 2. The third kappa shape index (κ3) is 3.89. The number of ether oxygens (including phenoxy) is 2. The Morgan fingerprint density at radius 1 is 0.962 bits per heavy atom. The van der Waals surface area contributed by atoms with Crippen molar-refractivity contribution in [2.45, 2.75) is 6.54 Å². The summed E-state index contributed by atoms with van der Waals surface area (Å²) in [5.41, 5.74) is 2.25. The van der Waals surface area contributed by atoms with Crippen LogP contribution >= 0.6 is 0 Å². The van der Waals surface area contributed by atoms with Crippen molar-refractivity contribution >= 4 is 12.0 Å². The van der Waals surface area contributed by atoms with E-state index in [2.05, 4.69) is 11.0 Å². The molecule has 26 heavy (non-hydrogen) atoms. The van der Waals surface area contributed by atoms with E-state index in [9.17, 15) is 4.79 Å². The largest absolute Gasteiger partial charge is 0.454 e. The molecule has 0 aromatic heterocycles. The smallest absolute Gasteiger partial charge is 0.246 e. The Morgan fingerprint density at radius 3 is 2.54 bits per heavy atom. The van der Waals surface area contributed by atoms with Crippen molar-refractivity contribution < 1.29 is 14.3 Å². The van der Waals surface area contributed by atoms with Gasteiger partial charge in [-0.25, -0.2) is 0 Å². The molecule has 2 aliphatic rings. The highest BCUT2D eigenvalue weighted by molar-refractivity contribution is 5.91. The van der Waals surface area contributed by atoms with E-state index in [-0.39, 0.29) is 5.91 Å². The zero-order valence-electron chi connectivity index (χ0n) is 14.6. The molecule has 134 valence electrons. The lowest BCUT2D eigenvalue weighted by atomic mass is 10.1. The fourth-order valence-electron chi connectivity index (χ4n) is 3.26. The SMILES string of the molecule is O=C(C=Cc1ccccc1)N1CCN(Cc2ccc3c(c2)OCO3)CC1. The van der Waals surface area contributed by atoms with Crippen LogP contribution in [0, 0.1) is 0 Å². The summed E-state index contributed by atoms with van der Waals surface area (Å²) >= 11 is 0. The van der Waals surface area contributed by atoms with Crippen molar-refractivity contribution in [1.29, 1.82) is 0 Å². The number of amides is 1. The zero-order valence-corrected chi connectivity index (χ0v) is 14.6. The van der Waals surface area contributed by atoms with Crippen molar-refractivity contribution in [3.8, 4) is 11.5 Å². The molecule has 0 bridgehead atoms. The van der Waals surface area contributed by atoms with E-state index in [1.807, 2.05) is 53.4 Å². The second-order valence-electron chi connectivity index (χ2n) is 6.53. The van der Waals surface area contributed by atoms with Crippen LogP contribution < -0.4 is 9.47 Å². The molecule has 1 saturated heterocycles. The summed E-state index contributed by atoms with van der Waals surface area (Å²) in [5, 5.41) is 0. The minimum absolute atomic E-state index is 0.0802. The van der Waals surface area contributed by atoms with Crippen LogP contribution in [0.1, 0.15) is 11.1 Å². The maximum absolute atomic E-state index is 12.4. The van der Waals surface area contributed by atoms with Gasteiger partial charge in [-0.3, -0.25) is 9.69 Å². The molecule has 0 radical (unpaired) electrons. The van der Waals surface area contributed by atoms with E-state index in [4.69, 9.17) is 9.47 Å². The number of hydrogen-bond donors (Lipinski definition) is 0. The summed E-state index contributed by atoms with van der Waals surface area (Å²) in [6.45, 7) is 4.42. The molecule has 2 aromatic carbocycles. The van der Waals surface area contributed by atoms with E-state index in [1.54, 1.807) is 6.08 Å². The molecule has 0 unspecified atom stereocenters. The van der Waals surface area contributed by atoms with Crippen molar-refractivity contribution in [1.82, 2.24) is 9.80 Å². The third-order valence-electron chi connectivity index (χ3n) is 4.75. The summed E-state index contributed by atoms with van der Waals surface area (Å²) in [5.74, 6) is 1.72. The first-order valence-corrected chi connectivity index (χ1v) is 8.91. The summed E-state index contributed by atoms with van der Waals surface area (Å²) in [7, 11) is 0. The Labute approximate surface area is 153 Å². The summed E-state index contributed by atoms with van der Waals surface area (Å²) < 4.78 is 10.8. The predicted molar refractivity (Wildman–Crippen MR) is 99.9 cm³/mol. The van der Waals surface area contributed by atoms with E-state index in [0.29, 0.717) is 6.79 Å². The topological polar surface area (TPSA) is 42.0 Å². The van der Waals surface area contributed by atoms with E-state index < -0.39 is 0 Å². The van der Waals surface area contributed by atoms with Crippen molar-refractivity contribution in [3.05, 3.63) is 65.7 Å². The molecular weight excluding hydrogens is 328 g/mol. The van der Waals surface area contributed by atoms with Gasteiger partial charge in [0.2, 0.25) is 12.7 Å². The first-order valence-electron chi connectivity index (χ1n) is 8.91. The molecule has 0 spiro atoms. The van der Waals surface area contributed by atoms with Crippen LogP contribution in [0.2, 0.25) is 0 Å². The molecule has 5 heteroatoms. The van der Waals surface area contributed by atoms with Gasteiger partial charge in [0, 0.05) is 38.8 Å². The lowest BCUT2D eigenvalue weighted by Gasteiger charge is -2.34. The maximum Gasteiger partial charge on any atom is 0.246 e. The normalized spacial score (nSPS) is 17.0.